The largest absolute Gasteiger partial charge is 0.313 e. The molecule has 0 spiro atoms. The zero-order valence-electron chi connectivity index (χ0n) is 9.71. The minimum atomic E-state index is 0.337. The summed E-state index contributed by atoms with van der Waals surface area (Å²) in [5.74, 6) is 0. The predicted molar refractivity (Wildman–Crippen MR) is 94.4 cm³/mol. The number of halogens is 3. The Hall–Kier alpha value is 0.570. The quantitative estimate of drug-likeness (QED) is 0.556. The minimum Gasteiger partial charge on any atom is -0.313 e. The van der Waals surface area contributed by atoms with E-state index in [2.05, 4.69) is 89.4 Å². The van der Waals surface area contributed by atoms with Crippen LogP contribution in [0.3, 0.4) is 0 Å². The molecular formula is C13H12Br2INS. The van der Waals surface area contributed by atoms with Crippen molar-refractivity contribution in [2.75, 3.05) is 7.05 Å². The molecule has 0 saturated carbocycles. The third-order valence-corrected chi connectivity index (χ3v) is 6.19. The first kappa shape index (κ1) is 15.0. The second-order valence-corrected chi connectivity index (χ2v) is 7.84. The lowest BCUT2D eigenvalue weighted by Gasteiger charge is -2.18. The van der Waals surface area contributed by atoms with E-state index in [0.29, 0.717) is 6.04 Å². The number of nitrogens with one attached hydrogen (secondary N) is 1. The molecule has 0 aliphatic carbocycles. The molecule has 0 amide bonds. The number of likely N-dealkylation sites (N-methyl/N-ethyl adjacent to an activating group) is 1. The van der Waals surface area contributed by atoms with Crippen molar-refractivity contribution in [1.29, 1.82) is 0 Å². The topological polar surface area (TPSA) is 12.0 Å². The average molecular weight is 501 g/mol. The monoisotopic (exact) mass is 499 g/mol. The molecule has 0 aliphatic rings. The van der Waals surface area contributed by atoms with Gasteiger partial charge in [-0.25, -0.2) is 0 Å². The third kappa shape index (κ3) is 3.56. The second-order valence-electron chi connectivity index (χ2n) is 3.90. The Morgan fingerprint density at radius 3 is 2.72 bits per heavy atom. The van der Waals surface area contributed by atoms with E-state index < -0.39 is 0 Å². The normalized spacial score (nSPS) is 12.7. The van der Waals surface area contributed by atoms with Crippen molar-refractivity contribution in [3.63, 3.8) is 0 Å². The van der Waals surface area contributed by atoms with Gasteiger partial charge in [-0.05, 0) is 80.8 Å². The highest BCUT2D eigenvalue weighted by Crippen LogP contribution is 2.31. The van der Waals surface area contributed by atoms with Crippen LogP contribution in [0, 0.1) is 3.57 Å². The minimum absolute atomic E-state index is 0.337. The Morgan fingerprint density at radius 2 is 2.11 bits per heavy atom. The maximum Gasteiger partial charge on any atom is 0.0377 e. The van der Waals surface area contributed by atoms with Crippen LogP contribution in [-0.2, 0) is 6.42 Å². The average Bonchev–Trinajstić information content (AvgIpc) is 2.75. The molecule has 2 aromatic rings. The summed E-state index contributed by atoms with van der Waals surface area (Å²) in [4.78, 5) is 1.38. The fraction of sp³-hybridized carbons (Fsp3) is 0.231. The van der Waals surface area contributed by atoms with E-state index in [0.717, 1.165) is 10.9 Å². The highest BCUT2D eigenvalue weighted by atomic mass is 127. The summed E-state index contributed by atoms with van der Waals surface area (Å²) in [5, 5.41) is 5.54. The SMILES string of the molecule is CNC(Cc1sccc1Br)c1cc(Br)ccc1I. The molecule has 0 aliphatic heterocycles. The van der Waals surface area contributed by atoms with Gasteiger partial charge < -0.3 is 5.32 Å². The van der Waals surface area contributed by atoms with Gasteiger partial charge in [0.2, 0.25) is 0 Å². The van der Waals surface area contributed by atoms with Gasteiger partial charge in [0, 0.05) is 29.9 Å². The van der Waals surface area contributed by atoms with Gasteiger partial charge in [0.15, 0.2) is 0 Å². The van der Waals surface area contributed by atoms with E-state index in [1.165, 1.54) is 18.5 Å². The molecule has 96 valence electrons. The fourth-order valence-corrected chi connectivity index (χ4v) is 4.46. The van der Waals surface area contributed by atoms with Gasteiger partial charge in [0.1, 0.15) is 0 Å². The molecule has 1 N–H and O–H groups in total. The van der Waals surface area contributed by atoms with Crippen LogP contribution in [0.25, 0.3) is 0 Å². The van der Waals surface area contributed by atoms with Crippen LogP contribution in [0.2, 0.25) is 0 Å². The van der Waals surface area contributed by atoms with Crippen LogP contribution < -0.4 is 5.32 Å². The summed E-state index contributed by atoms with van der Waals surface area (Å²) < 4.78 is 3.63. The molecule has 5 heteroatoms. The Kier molecular flexibility index (Phi) is 5.68. The number of rotatable bonds is 4. The molecule has 1 atom stereocenters. The van der Waals surface area contributed by atoms with Gasteiger partial charge in [-0.1, -0.05) is 15.9 Å². The highest BCUT2D eigenvalue weighted by Gasteiger charge is 2.15. The van der Waals surface area contributed by atoms with E-state index in [4.69, 9.17) is 0 Å². The fourth-order valence-electron chi connectivity index (χ4n) is 1.81. The van der Waals surface area contributed by atoms with Crippen LogP contribution in [0.15, 0.2) is 38.6 Å². The predicted octanol–water partition coefficient (Wildman–Crippen LogP) is 5.38. The summed E-state index contributed by atoms with van der Waals surface area (Å²) in [6, 6.07) is 8.87. The molecule has 1 aromatic heterocycles. The molecule has 18 heavy (non-hydrogen) atoms. The van der Waals surface area contributed by atoms with Crippen molar-refractivity contribution in [1.82, 2.24) is 5.32 Å². The van der Waals surface area contributed by atoms with E-state index in [1.54, 1.807) is 11.3 Å². The molecule has 2 rings (SSSR count). The van der Waals surface area contributed by atoms with Crippen LogP contribution in [0.1, 0.15) is 16.5 Å². The van der Waals surface area contributed by atoms with Gasteiger partial charge in [-0.2, -0.15) is 0 Å². The molecule has 0 fully saturated rings. The van der Waals surface area contributed by atoms with Crippen molar-refractivity contribution in [2.24, 2.45) is 0 Å². The van der Waals surface area contributed by atoms with Crippen LogP contribution in [-0.4, -0.2) is 7.05 Å². The number of benzene rings is 1. The molecule has 0 saturated heterocycles. The van der Waals surface area contributed by atoms with Gasteiger partial charge in [-0.15, -0.1) is 11.3 Å². The second kappa shape index (κ2) is 6.83. The zero-order valence-corrected chi connectivity index (χ0v) is 15.9. The maximum absolute atomic E-state index is 3.60. The van der Waals surface area contributed by atoms with Crippen molar-refractivity contribution in [3.05, 3.63) is 52.6 Å². The summed E-state index contributed by atoms with van der Waals surface area (Å²) in [5.41, 5.74) is 1.34. The summed E-state index contributed by atoms with van der Waals surface area (Å²) in [6.07, 6.45) is 1.00. The van der Waals surface area contributed by atoms with Crippen LogP contribution >= 0.6 is 65.8 Å². The number of hydrogen-bond acceptors (Lipinski definition) is 2. The lowest BCUT2D eigenvalue weighted by Crippen LogP contribution is -2.19. The molecule has 1 nitrogen and oxygen atoms in total. The summed E-state index contributed by atoms with van der Waals surface area (Å²) >= 11 is 11.3. The first-order chi connectivity index (χ1) is 8.61. The van der Waals surface area contributed by atoms with E-state index in [9.17, 15) is 0 Å². The molecule has 0 radical (unpaired) electrons. The Bertz CT molecular complexity index is 542. The van der Waals surface area contributed by atoms with Gasteiger partial charge in [-0.3, -0.25) is 0 Å². The van der Waals surface area contributed by atoms with Crippen molar-refractivity contribution < 1.29 is 0 Å². The number of hydrogen-bond donors (Lipinski definition) is 1. The maximum atomic E-state index is 3.60. The summed E-state index contributed by atoms with van der Waals surface area (Å²) in [6.45, 7) is 0. The number of thiophene rings is 1. The summed E-state index contributed by atoms with van der Waals surface area (Å²) in [7, 11) is 2.02. The molecule has 0 bridgehead atoms. The Morgan fingerprint density at radius 1 is 1.33 bits per heavy atom. The van der Waals surface area contributed by atoms with Crippen molar-refractivity contribution in [3.8, 4) is 0 Å². The standard InChI is InChI=1S/C13H12Br2INS/c1-17-12(7-13-10(15)4-5-18-13)9-6-8(14)2-3-11(9)16/h2-6,12,17H,7H2,1H3. The van der Waals surface area contributed by atoms with Crippen LogP contribution in [0.4, 0.5) is 0 Å². The molecular weight excluding hydrogens is 489 g/mol. The molecule has 1 unspecified atom stereocenters. The van der Waals surface area contributed by atoms with E-state index in [1.807, 2.05) is 7.05 Å². The third-order valence-electron chi connectivity index (χ3n) is 2.76. The highest BCUT2D eigenvalue weighted by molar-refractivity contribution is 14.1. The first-order valence-electron chi connectivity index (χ1n) is 5.46. The van der Waals surface area contributed by atoms with Gasteiger partial charge in [0.25, 0.3) is 0 Å². The Labute approximate surface area is 142 Å². The van der Waals surface area contributed by atoms with E-state index in [-0.39, 0.29) is 0 Å². The van der Waals surface area contributed by atoms with Gasteiger partial charge in [0.05, 0.1) is 0 Å². The first-order valence-corrected chi connectivity index (χ1v) is 9.00. The van der Waals surface area contributed by atoms with E-state index >= 15 is 0 Å². The smallest absolute Gasteiger partial charge is 0.0377 e. The van der Waals surface area contributed by atoms with Crippen molar-refractivity contribution >= 4 is 65.8 Å². The molecule has 1 aromatic carbocycles. The van der Waals surface area contributed by atoms with Crippen LogP contribution in [0.5, 0.6) is 0 Å². The molecule has 1 heterocycles. The lowest BCUT2D eigenvalue weighted by atomic mass is 10.0. The zero-order chi connectivity index (χ0) is 13.1. The Balaban J connectivity index is 2.28. The van der Waals surface area contributed by atoms with Crippen molar-refractivity contribution in [2.45, 2.75) is 12.5 Å². The van der Waals surface area contributed by atoms with Gasteiger partial charge >= 0.3 is 0 Å². The lowest BCUT2D eigenvalue weighted by molar-refractivity contribution is 0.593.